The standard InChI is InChI=1S/C22H23N3O3S2/c1-13(2)25-8-7-14-18(11-25)30-22(24-20(26)16-12-27-9-10-28-16)19(14)21-23-15-5-3-4-6-17(15)29-21/h3-6,12-13H,7-11H2,1-2H3,(H,24,26). The molecule has 1 aromatic carbocycles. The number of thiazole rings is 1. The zero-order valence-electron chi connectivity index (χ0n) is 16.9. The molecule has 0 radical (unpaired) electrons. The molecule has 156 valence electrons. The van der Waals surface area contributed by atoms with Gasteiger partial charge in [0, 0.05) is 29.6 Å². The lowest BCUT2D eigenvalue weighted by molar-refractivity contribution is -0.117. The van der Waals surface area contributed by atoms with Crippen molar-refractivity contribution in [1.82, 2.24) is 9.88 Å². The van der Waals surface area contributed by atoms with Crippen LogP contribution in [-0.2, 0) is 27.2 Å². The number of fused-ring (bicyclic) bond motifs is 2. The Morgan fingerprint density at radius 3 is 2.87 bits per heavy atom. The normalized spacial score (nSPS) is 16.7. The summed E-state index contributed by atoms with van der Waals surface area (Å²) in [5.41, 5.74) is 3.35. The molecule has 6 nitrogen and oxygen atoms in total. The summed E-state index contributed by atoms with van der Waals surface area (Å²) in [6.45, 7) is 7.20. The van der Waals surface area contributed by atoms with E-state index in [1.54, 1.807) is 22.7 Å². The largest absolute Gasteiger partial charge is 0.494 e. The van der Waals surface area contributed by atoms with Crippen molar-refractivity contribution in [3.63, 3.8) is 0 Å². The number of aromatic nitrogens is 1. The molecular weight excluding hydrogens is 418 g/mol. The highest BCUT2D eigenvalue weighted by atomic mass is 32.1. The number of carbonyl (C=O) groups is 1. The van der Waals surface area contributed by atoms with Crippen LogP contribution in [0.1, 0.15) is 24.3 Å². The maximum atomic E-state index is 12.8. The van der Waals surface area contributed by atoms with Crippen molar-refractivity contribution in [3.8, 4) is 10.6 Å². The predicted octanol–water partition coefficient (Wildman–Crippen LogP) is 4.62. The highest BCUT2D eigenvalue weighted by molar-refractivity contribution is 7.22. The van der Waals surface area contributed by atoms with Crippen LogP contribution in [0, 0.1) is 0 Å². The van der Waals surface area contributed by atoms with Gasteiger partial charge in [0.05, 0.1) is 10.2 Å². The highest BCUT2D eigenvalue weighted by Gasteiger charge is 2.29. The number of hydrogen-bond donors (Lipinski definition) is 1. The van der Waals surface area contributed by atoms with E-state index in [1.165, 1.54) is 16.7 Å². The lowest BCUT2D eigenvalue weighted by Crippen LogP contribution is -2.35. The fraction of sp³-hybridized carbons (Fsp3) is 0.364. The van der Waals surface area contributed by atoms with Gasteiger partial charge in [-0.1, -0.05) is 12.1 Å². The summed E-state index contributed by atoms with van der Waals surface area (Å²) in [5, 5.41) is 4.87. The topological polar surface area (TPSA) is 63.7 Å². The zero-order valence-corrected chi connectivity index (χ0v) is 18.6. The molecule has 0 spiro atoms. The van der Waals surface area contributed by atoms with E-state index in [9.17, 15) is 4.79 Å². The van der Waals surface area contributed by atoms with Gasteiger partial charge in [-0.05, 0) is 38.0 Å². The van der Waals surface area contributed by atoms with Crippen LogP contribution < -0.4 is 5.32 Å². The third kappa shape index (κ3) is 3.59. The fourth-order valence-corrected chi connectivity index (χ4v) is 6.19. The first-order valence-corrected chi connectivity index (χ1v) is 11.7. The van der Waals surface area contributed by atoms with E-state index in [-0.39, 0.29) is 11.7 Å². The monoisotopic (exact) mass is 441 g/mol. The van der Waals surface area contributed by atoms with Gasteiger partial charge in [0.1, 0.15) is 29.5 Å². The number of rotatable bonds is 4. The van der Waals surface area contributed by atoms with E-state index >= 15 is 0 Å². The molecule has 3 aromatic rings. The molecule has 1 N–H and O–H groups in total. The highest BCUT2D eigenvalue weighted by Crippen LogP contribution is 2.46. The minimum Gasteiger partial charge on any atom is -0.494 e. The molecule has 0 atom stereocenters. The first-order valence-electron chi connectivity index (χ1n) is 10.1. The first-order chi connectivity index (χ1) is 14.6. The van der Waals surface area contributed by atoms with Gasteiger partial charge in [0.15, 0.2) is 0 Å². The van der Waals surface area contributed by atoms with Gasteiger partial charge in [0.2, 0.25) is 5.76 Å². The van der Waals surface area contributed by atoms with Crippen LogP contribution in [0.4, 0.5) is 5.00 Å². The van der Waals surface area contributed by atoms with Gasteiger partial charge < -0.3 is 14.8 Å². The maximum absolute atomic E-state index is 12.8. The molecule has 30 heavy (non-hydrogen) atoms. The van der Waals surface area contributed by atoms with Crippen molar-refractivity contribution in [2.45, 2.75) is 32.9 Å². The Balaban J connectivity index is 1.56. The molecule has 0 aliphatic carbocycles. The van der Waals surface area contributed by atoms with Gasteiger partial charge in [-0.25, -0.2) is 4.98 Å². The van der Waals surface area contributed by atoms with E-state index in [2.05, 4.69) is 30.1 Å². The van der Waals surface area contributed by atoms with Crippen LogP contribution in [0.25, 0.3) is 20.8 Å². The van der Waals surface area contributed by atoms with E-state index in [0.717, 1.165) is 45.3 Å². The zero-order chi connectivity index (χ0) is 20.7. The van der Waals surface area contributed by atoms with Crippen LogP contribution >= 0.6 is 22.7 Å². The van der Waals surface area contributed by atoms with Gasteiger partial charge in [0.25, 0.3) is 5.91 Å². The Bertz CT molecular complexity index is 1100. The minimum atomic E-state index is -0.281. The molecule has 4 heterocycles. The summed E-state index contributed by atoms with van der Waals surface area (Å²) in [6, 6.07) is 8.65. The second-order valence-electron chi connectivity index (χ2n) is 7.66. The number of benzene rings is 1. The van der Waals surface area contributed by atoms with Gasteiger partial charge >= 0.3 is 0 Å². The molecule has 2 aromatic heterocycles. The number of thiophene rings is 1. The number of para-hydroxylation sites is 1. The summed E-state index contributed by atoms with van der Waals surface area (Å²) in [4.78, 5) is 21.5. The van der Waals surface area contributed by atoms with E-state index in [0.29, 0.717) is 19.3 Å². The summed E-state index contributed by atoms with van der Waals surface area (Å²) < 4.78 is 11.9. The summed E-state index contributed by atoms with van der Waals surface area (Å²) in [6.07, 6.45) is 2.34. The Hall–Kier alpha value is -2.42. The number of nitrogens with zero attached hydrogens (tertiary/aromatic N) is 2. The second-order valence-corrected chi connectivity index (χ2v) is 9.80. The molecule has 2 aliphatic rings. The number of hydrogen-bond acceptors (Lipinski definition) is 7. The number of anilines is 1. The first kappa shape index (κ1) is 19.5. The molecule has 0 saturated carbocycles. The molecule has 0 bridgehead atoms. The van der Waals surface area contributed by atoms with Crippen molar-refractivity contribution in [2.24, 2.45) is 0 Å². The third-order valence-corrected chi connectivity index (χ3v) is 7.61. The number of amides is 1. The second kappa shape index (κ2) is 8.02. The van der Waals surface area contributed by atoms with Gasteiger partial charge in [-0.3, -0.25) is 9.69 Å². The van der Waals surface area contributed by atoms with E-state index in [4.69, 9.17) is 14.5 Å². The Morgan fingerprint density at radius 1 is 1.23 bits per heavy atom. The average Bonchev–Trinajstić information content (AvgIpc) is 3.34. The van der Waals surface area contributed by atoms with Crippen molar-refractivity contribution in [1.29, 1.82) is 0 Å². The van der Waals surface area contributed by atoms with Gasteiger partial charge in [-0.2, -0.15) is 0 Å². The van der Waals surface area contributed by atoms with Crippen molar-refractivity contribution in [2.75, 3.05) is 25.1 Å². The van der Waals surface area contributed by atoms with Crippen molar-refractivity contribution in [3.05, 3.63) is 46.7 Å². The Kier molecular flexibility index (Phi) is 5.22. The van der Waals surface area contributed by atoms with Crippen molar-refractivity contribution < 1.29 is 14.3 Å². The molecule has 5 rings (SSSR count). The maximum Gasteiger partial charge on any atom is 0.294 e. The molecule has 1 amide bonds. The number of ether oxygens (including phenoxy) is 2. The average molecular weight is 442 g/mol. The number of carbonyl (C=O) groups excluding carboxylic acids is 1. The molecule has 0 fully saturated rings. The molecule has 0 unspecified atom stereocenters. The third-order valence-electron chi connectivity index (χ3n) is 5.42. The molecule has 0 saturated heterocycles. The van der Waals surface area contributed by atoms with Crippen LogP contribution in [0.3, 0.4) is 0 Å². The lowest BCUT2D eigenvalue weighted by atomic mass is 10.0. The minimum absolute atomic E-state index is 0.215. The number of nitrogens with one attached hydrogen (secondary N) is 1. The quantitative estimate of drug-likeness (QED) is 0.640. The van der Waals surface area contributed by atoms with Crippen LogP contribution in [-0.4, -0.2) is 41.6 Å². The summed E-state index contributed by atoms with van der Waals surface area (Å²) >= 11 is 3.32. The predicted molar refractivity (Wildman–Crippen MR) is 121 cm³/mol. The summed E-state index contributed by atoms with van der Waals surface area (Å²) in [5.74, 6) is -0.0666. The summed E-state index contributed by atoms with van der Waals surface area (Å²) in [7, 11) is 0. The molecular formula is C22H23N3O3S2. The van der Waals surface area contributed by atoms with Gasteiger partial charge in [-0.15, -0.1) is 22.7 Å². The van der Waals surface area contributed by atoms with E-state index in [1.807, 2.05) is 18.2 Å². The van der Waals surface area contributed by atoms with E-state index < -0.39 is 0 Å². The van der Waals surface area contributed by atoms with Crippen LogP contribution in [0.2, 0.25) is 0 Å². The Labute approximate surface area is 183 Å². The Morgan fingerprint density at radius 2 is 2.10 bits per heavy atom. The molecule has 8 heteroatoms. The lowest BCUT2D eigenvalue weighted by Gasteiger charge is -2.30. The van der Waals surface area contributed by atoms with Crippen LogP contribution in [0.15, 0.2) is 36.3 Å². The fourth-order valence-electron chi connectivity index (χ4n) is 3.81. The smallest absolute Gasteiger partial charge is 0.294 e. The van der Waals surface area contributed by atoms with Crippen LogP contribution in [0.5, 0.6) is 0 Å². The van der Waals surface area contributed by atoms with Crippen molar-refractivity contribution >= 4 is 43.8 Å². The molecule has 2 aliphatic heterocycles. The SMILES string of the molecule is CC(C)N1CCc2c(sc(NC(=O)C3=COCCO3)c2-c2nc3ccccc3s2)C1.